The molecule has 0 saturated carbocycles. The van der Waals surface area contributed by atoms with Gasteiger partial charge in [0.1, 0.15) is 0 Å². The van der Waals surface area contributed by atoms with E-state index in [1.54, 1.807) is 5.38 Å². The Bertz CT molecular complexity index is 704. The quantitative estimate of drug-likeness (QED) is 0.816. The van der Waals surface area contributed by atoms with Crippen molar-refractivity contribution in [2.45, 2.75) is 6.18 Å². The summed E-state index contributed by atoms with van der Waals surface area (Å²) in [5, 5.41) is 5.65. The number of carbonyl (C=O) groups is 2. The summed E-state index contributed by atoms with van der Waals surface area (Å²) >= 11 is 6.58. The number of hydrogen-bond acceptors (Lipinski definition) is 4. The molecule has 2 aromatic rings. The van der Waals surface area contributed by atoms with E-state index >= 15 is 0 Å². The molecule has 116 valence electrons. The maximum atomic E-state index is 12.9. The van der Waals surface area contributed by atoms with Crippen molar-refractivity contribution in [1.29, 1.82) is 0 Å². The van der Waals surface area contributed by atoms with Gasteiger partial charge in [-0.3, -0.25) is 14.9 Å². The van der Waals surface area contributed by atoms with Gasteiger partial charge in [-0.25, -0.2) is 4.98 Å². The minimum atomic E-state index is -4.72. The Kier molecular flexibility index (Phi) is 4.67. The molecule has 0 radical (unpaired) electrons. The number of anilines is 2. The summed E-state index contributed by atoms with van der Waals surface area (Å²) in [6.45, 7) is 0. The van der Waals surface area contributed by atoms with Gasteiger partial charge in [0.15, 0.2) is 5.13 Å². The zero-order chi connectivity index (χ0) is 16.3. The summed E-state index contributed by atoms with van der Waals surface area (Å²) in [5.74, 6) is -2.37. The Balaban J connectivity index is 2.16. The molecule has 10 heteroatoms. The highest BCUT2D eigenvalue weighted by Crippen LogP contribution is 2.36. The minimum Gasteiger partial charge on any atom is -0.317 e. The molecule has 2 amide bonds. The Morgan fingerprint density at radius 1 is 1.18 bits per heavy atom. The number of hydrogen-bond donors (Lipinski definition) is 2. The van der Waals surface area contributed by atoms with E-state index in [1.165, 1.54) is 12.3 Å². The zero-order valence-corrected chi connectivity index (χ0v) is 12.1. The van der Waals surface area contributed by atoms with Crippen LogP contribution in [0.2, 0.25) is 5.02 Å². The van der Waals surface area contributed by atoms with Crippen molar-refractivity contribution in [1.82, 2.24) is 4.98 Å². The van der Waals surface area contributed by atoms with Gasteiger partial charge in [0, 0.05) is 16.6 Å². The molecule has 1 aromatic heterocycles. The van der Waals surface area contributed by atoms with E-state index in [-0.39, 0.29) is 10.2 Å². The number of benzene rings is 1. The highest BCUT2D eigenvalue weighted by molar-refractivity contribution is 7.13. The third-order valence-corrected chi connectivity index (χ3v) is 3.32. The van der Waals surface area contributed by atoms with Crippen molar-refractivity contribution in [2.24, 2.45) is 0 Å². The first-order valence-corrected chi connectivity index (χ1v) is 6.91. The summed E-state index contributed by atoms with van der Waals surface area (Å²) < 4.78 is 38.6. The zero-order valence-electron chi connectivity index (χ0n) is 10.6. The van der Waals surface area contributed by atoms with Crippen LogP contribution in [0.3, 0.4) is 0 Å². The normalized spacial score (nSPS) is 11.1. The lowest BCUT2D eigenvalue weighted by molar-refractivity contribution is -0.137. The van der Waals surface area contributed by atoms with E-state index in [4.69, 9.17) is 11.6 Å². The molecule has 1 aromatic carbocycles. The largest absolute Gasteiger partial charge is 0.418 e. The molecule has 0 saturated heterocycles. The standard InChI is InChI=1S/C12H7ClF3N3O2S/c13-6-1-2-8(7(5-6)12(14,15)16)18-9(20)10(21)19-11-17-3-4-22-11/h1-5H,(H,18,20)(H,17,19,21). The molecule has 0 bridgehead atoms. The molecule has 0 spiro atoms. The number of halogens is 4. The minimum absolute atomic E-state index is 0.141. The van der Waals surface area contributed by atoms with Gasteiger partial charge in [-0.05, 0) is 18.2 Å². The van der Waals surface area contributed by atoms with Crippen molar-refractivity contribution in [3.8, 4) is 0 Å². The fourth-order valence-electron chi connectivity index (χ4n) is 1.48. The van der Waals surface area contributed by atoms with Crippen molar-refractivity contribution in [3.05, 3.63) is 40.4 Å². The van der Waals surface area contributed by atoms with Crippen LogP contribution in [0.25, 0.3) is 0 Å². The van der Waals surface area contributed by atoms with Crippen LogP contribution < -0.4 is 10.6 Å². The molecule has 0 unspecified atom stereocenters. The van der Waals surface area contributed by atoms with Crippen LogP contribution in [-0.4, -0.2) is 16.8 Å². The van der Waals surface area contributed by atoms with E-state index in [2.05, 4.69) is 10.3 Å². The van der Waals surface area contributed by atoms with E-state index in [0.29, 0.717) is 6.07 Å². The third kappa shape index (κ3) is 3.95. The molecule has 1 heterocycles. The van der Waals surface area contributed by atoms with Crippen LogP contribution in [0.15, 0.2) is 29.8 Å². The summed E-state index contributed by atoms with van der Waals surface area (Å²) in [5.41, 5.74) is -1.70. The molecule has 0 aliphatic carbocycles. The Morgan fingerprint density at radius 3 is 2.45 bits per heavy atom. The third-order valence-electron chi connectivity index (χ3n) is 2.39. The molecule has 0 aliphatic rings. The molecule has 2 rings (SSSR count). The van der Waals surface area contributed by atoms with Gasteiger partial charge in [0.2, 0.25) is 0 Å². The second-order valence-electron chi connectivity index (χ2n) is 3.93. The molecule has 5 nitrogen and oxygen atoms in total. The van der Waals surface area contributed by atoms with Gasteiger partial charge < -0.3 is 5.32 Å². The van der Waals surface area contributed by atoms with Crippen molar-refractivity contribution < 1.29 is 22.8 Å². The van der Waals surface area contributed by atoms with Crippen LogP contribution in [0.1, 0.15) is 5.56 Å². The maximum absolute atomic E-state index is 12.9. The number of nitrogens with one attached hydrogen (secondary N) is 2. The Hall–Kier alpha value is -2.13. The van der Waals surface area contributed by atoms with Gasteiger partial charge in [0.05, 0.1) is 11.3 Å². The van der Waals surface area contributed by atoms with Crippen molar-refractivity contribution in [2.75, 3.05) is 10.6 Å². The van der Waals surface area contributed by atoms with Crippen LogP contribution in [0.4, 0.5) is 24.0 Å². The van der Waals surface area contributed by atoms with Crippen LogP contribution >= 0.6 is 22.9 Å². The predicted octanol–water partition coefficient (Wildman–Crippen LogP) is 3.39. The Morgan fingerprint density at radius 2 is 1.86 bits per heavy atom. The molecular formula is C12H7ClF3N3O2S. The van der Waals surface area contributed by atoms with Gasteiger partial charge in [-0.2, -0.15) is 13.2 Å². The summed E-state index contributed by atoms with van der Waals surface area (Å²) in [6, 6.07) is 2.81. The van der Waals surface area contributed by atoms with E-state index in [9.17, 15) is 22.8 Å². The van der Waals surface area contributed by atoms with Gasteiger partial charge in [-0.15, -0.1) is 11.3 Å². The number of thiazole rings is 1. The SMILES string of the molecule is O=C(Nc1nccs1)C(=O)Nc1ccc(Cl)cc1C(F)(F)F. The van der Waals surface area contributed by atoms with Gasteiger partial charge in [-0.1, -0.05) is 11.6 Å². The fourth-order valence-corrected chi connectivity index (χ4v) is 2.17. The lowest BCUT2D eigenvalue weighted by atomic mass is 10.1. The molecule has 0 fully saturated rings. The number of aromatic nitrogens is 1. The molecule has 2 N–H and O–H groups in total. The number of amides is 2. The van der Waals surface area contributed by atoms with E-state index < -0.39 is 29.2 Å². The van der Waals surface area contributed by atoms with E-state index in [0.717, 1.165) is 17.4 Å². The first kappa shape index (κ1) is 16.2. The lowest BCUT2D eigenvalue weighted by Crippen LogP contribution is -2.30. The van der Waals surface area contributed by atoms with Gasteiger partial charge in [0.25, 0.3) is 0 Å². The molecule has 0 aliphatic heterocycles. The monoisotopic (exact) mass is 349 g/mol. The van der Waals surface area contributed by atoms with E-state index in [1.807, 2.05) is 5.32 Å². The molecular weight excluding hydrogens is 343 g/mol. The first-order chi connectivity index (χ1) is 10.3. The number of nitrogens with zero attached hydrogens (tertiary/aromatic N) is 1. The van der Waals surface area contributed by atoms with Crippen LogP contribution in [0.5, 0.6) is 0 Å². The van der Waals surface area contributed by atoms with Crippen molar-refractivity contribution >= 4 is 45.6 Å². The summed E-state index contributed by atoms with van der Waals surface area (Å²) in [6.07, 6.45) is -3.32. The van der Waals surface area contributed by atoms with Crippen LogP contribution in [0, 0.1) is 0 Å². The second-order valence-corrected chi connectivity index (χ2v) is 5.26. The number of rotatable bonds is 2. The number of carbonyl (C=O) groups excluding carboxylic acids is 2. The molecule has 0 atom stereocenters. The Labute approximate surface area is 131 Å². The topological polar surface area (TPSA) is 71.1 Å². The van der Waals surface area contributed by atoms with Gasteiger partial charge >= 0.3 is 18.0 Å². The highest BCUT2D eigenvalue weighted by atomic mass is 35.5. The predicted molar refractivity (Wildman–Crippen MR) is 75.8 cm³/mol. The lowest BCUT2D eigenvalue weighted by Gasteiger charge is -2.13. The van der Waals surface area contributed by atoms with Crippen LogP contribution in [-0.2, 0) is 15.8 Å². The second kappa shape index (κ2) is 6.32. The smallest absolute Gasteiger partial charge is 0.317 e. The highest BCUT2D eigenvalue weighted by Gasteiger charge is 2.34. The maximum Gasteiger partial charge on any atom is 0.418 e. The number of alkyl halides is 3. The molecule has 22 heavy (non-hydrogen) atoms. The fraction of sp³-hybridized carbons (Fsp3) is 0.0833. The summed E-state index contributed by atoms with van der Waals surface area (Å²) in [4.78, 5) is 27.0. The average Bonchev–Trinajstić information content (AvgIpc) is 2.92. The van der Waals surface area contributed by atoms with Crippen molar-refractivity contribution in [3.63, 3.8) is 0 Å². The average molecular weight is 350 g/mol. The summed E-state index contributed by atoms with van der Waals surface area (Å²) in [7, 11) is 0. The first-order valence-electron chi connectivity index (χ1n) is 5.66.